The van der Waals surface area contributed by atoms with Crippen LogP contribution in [0.2, 0.25) is 0 Å². The Kier molecular flexibility index (Phi) is 4.20. The summed E-state index contributed by atoms with van der Waals surface area (Å²) in [5, 5.41) is 8.41. The first-order valence-corrected chi connectivity index (χ1v) is 5.07. The van der Waals surface area contributed by atoms with E-state index in [4.69, 9.17) is 11.0 Å². The van der Waals surface area contributed by atoms with Crippen molar-refractivity contribution < 1.29 is 0 Å². The summed E-state index contributed by atoms with van der Waals surface area (Å²) in [4.78, 5) is 2.39. The lowest BCUT2D eigenvalue weighted by atomic mass is 9.96. The second kappa shape index (κ2) is 5.21. The molecule has 1 aliphatic heterocycles. The molecule has 0 aliphatic carbocycles. The molecule has 74 valence electrons. The number of piperidine rings is 1. The number of nitriles is 1. The zero-order valence-electron chi connectivity index (χ0n) is 8.37. The van der Waals surface area contributed by atoms with Crippen LogP contribution in [0, 0.1) is 17.2 Å². The minimum absolute atomic E-state index is 0.339. The van der Waals surface area contributed by atoms with E-state index >= 15 is 0 Å². The fraction of sp³-hybridized carbons (Fsp3) is 0.900. The van der Waals surface area contributed by atoms with Crippen LogP contribution in [0.25, 0.3) is 0 Å². The SMILES string of the molecule is CC1CC(N)CN(CCCC#N)C1. The maximum absolute atomic E-state index is 8.41. The second-order valence-corrected chi connectivity index (χ2v) is 4.12. The number of hydrogen-bond donors (Lipinski definition) is 1. The molecule has 2 atom stereocenters. The molecule has 0 aromatic heterocycles. The van der Waals surface area contributed by atoms with Crippen LogP contribution < -0.4 is 5.73 Å². The molecule has 2 unspecified atom stereocenters. The van der Waals surface area contributed by atoms with Crippen molar-refractivity contribution >= 4 is 0 Å². The Bertz CT molecular complexity index is 175. The van der Waals surface area contributed by atoms with E-state index in [2.05, 4.69) is 17.9 Å². The van der Waals surface area contributed by atoms with Crippen molar-refractivity contribution in [3.05, 3.63) is 0 Å². The van der Waals surface area contributed by atoms with Crippen LogP contribution in [-0.2, 0) is 0 Å². The highest BCUT2D eigenvalue weighted by molar-refractivity contribution is 4.80. The molecule has 0 aromatic carbocycles. The molecular weight excluding hydrogens is 162 g/mol. The second-order valence-electron chi connectivity index (χ2n) is 4.12. The Labute approximate surface area is 80.5 Å². The lowest BCUT2D eigenvalue weighted by molar-refractivity contribution is 0.164. The van der Waals surface area contributed by atoms with Gasteiger partial charge in [0.15, 0.2) is 0 Å². The van der Waals surface area contributed by atoms with Gasteiger partial charge in [-0.2, -0.15) is 5.26 Å². The predicted octanol–water partition coefficient (Wildman–Crippen LogP) is 0.959. The number of nitrogens with zero attached hydrogens (tertiary/aromatic N) is 2. The molecule has 2 N–H and O–H groups in total. The molecule has 3 nitrogen and oxygen atoms in total. The third-order valence-corrected chi connectivity index (χ3v) is 2.53. The van der Waals surface area contributed by atoms with Gasteiger partial charge in [0.2, 0.25) is 0 Å². The molecule has 3 heteroatoms. The first-order valence-electron chi connectivity index (χ1n) is 5.07. The van der Waals surface area contributed by atoms with Crippen molar-refractivity contribution in [2.24, 2.45) is 11.7 Å². The van der Waals surface area contributed by atoms with Gasteiger partial charge >= 0.3 is 0 Å². The minimum Gasteiger partial charge on any atom is -0.327 e. The van der Waals surface area contributed by atoms with E-state index < -0.39 is 0 Å². The summed E-state index contributed by atoms with van der Waals surface area (Å²) in [6, 6.07) is 2.51. The van der Waals surface area contributed by atoms with Gasteiger partial charge in [-0.1, -0.05) is 6.92 Å². The van der Waals surface area contributed by atoms with Gasteiger partial charge in [0.05, 0.1) is 6.07 Å². The van der Waals surface area contributed by atoms with Crippen molar-refractivity contribution in [1.29, 1.82) is 5.26 Å². The number of nitrogens with two attached hydrogens (primary N) is 1. The maximum Gasteiger partial charge on any atom is 0.0622 e. The molecule has 0 saturated carbocycles. The Balaban J connectivity index is 2.22. The third-order valence-electron chi connectivity index (χ3n) is 2.53. The van der Waals surface area contributed by atoms with Crippen LogP contribution in [0.15, 0.2) is 0 Å². The summed E-state index contributed by atoms with van der Waals surface area (Å²) >= 11 is 0. The fourth-order valence-corrected chi connectivity index (χ4v) is 2.08. The minimum atomic E-state index is 0.339. The van der Waals surface area contributed by atoms with Crippen LogP contribution in [0.4, 0.5) is 0 Å². The standard InChI is InChI=1S/C10H19N3/c1-9-6-10(12)8-13(7-9)5-3-2-4-11/h9-10H,2-3,5-8,12H2,1H3. The highest BCUT2D eigenvalue weighted by Crippen LogP contribution is 2.15. The van der Waals surface area contributed by atoms with Gasteiger partial charge in [0, 0.05) is 25.6 Å². The molecule has 1 heterocycles. The predicted molar refractivity (Wildman–Crippen MR) is 53.0 cm³/mol. The molecule has 0 bridgehead atoms. The van der Waals surface area contributed by atoms with Gasteiger partial charge in [-0.25, -0.2) is 0 Å². The summed E-state index contributed by atoms with van der Waals surface area (Å²) in [6.45, 7) is 5.44. The molecule has 1 aliphatic rings. The van der Waals surface area contributed by atoms with Gasteiger partial charge in [-0.3, -0.25) is 0 Å². The van der Waals surface area contributed by atoms with Crippen molar-refractivity contribution in [3.63, 3.8) is 0 Å². The van der Waals surface area contributed by atoms with Gasteiger partial charge < -0.3 is 10.6 Å². The lowest BCUT2D eigenvalue weighted by Crippen LogP contribution is -2.46. The van der Waals surface area contributed by atoms with Crippen LogP contribution in [-0.4, -0.2) is 30.6 Å². The zero-order valence-corrected chi connectivity index (χ0v) is 8.37. The van der Waals surface area contributed by atoms with Crippen molar-refractivity contribution in [2.45, 2.75) is 32.2 Å². The summed E-state index contributed by atoms with van der Waals surface area (Å²) in [7, 11) is 0. The largest absolute Gasteiger partial charge is 0.327 e. The summed E-state index contributed by atoms with van der Waals surface area (Å²) < 4.78 is 0. The molecule has 13 heavy (non-hydrogen) atoms. The Hall–Kier alpha value is -0.590. The molecule has 0 radical (unpaired) electrons. The van der Waals surface area contributed by atoms with Gasteiger partial charge in [0.25, 0.3) is 0 Å². The van der Waals surface area contributed by atoms with E-state index in [1.807, 2.05) is 0 Å². The summed E-state index contributed by atoms with van der Waals surface area (Å²) in [6.07, 6.45) is 2.80. The number of unbranched alkanes of at least 4 members (excludes halogenated alkanes) is 1. The monoisotopic (exact) mass is 181 g/mol. The van der Waals surface area contributed by atoms with Crippen molar-refractivity contribution in [1.82, 2.24) is 4.90 Å². The van der Waals surface area contributed by atoms with Gasteiger partial charge in [-0.05, 0) is 25.3 Å². The van der Waals surface area contributed by atoms with E-state index in [1.54, 1.807) is 0 Å². The number of likely N-dealkylation sites (tertiary alicyclic amines) is 1. The third kappa shape index (κ3) is 3.75. The quantitative estimate of drug-likeness (QED) is 0.660. The normalized spacial score (nSPS) is 29.9. The highest BCUT2D eigenvalue weighted by atomic mass is 15.1. The molecule has 0 amide bonds. The van der Waals surface area contributed by atoms with E-state index in [0.29, 0.717) is 18.4 Å². The zero-order chi connectivity index (χ0) is 9.68. The van der Waals surface area contributed by atoms with Crippen LogP contribution in [0.1, 0.15) is 26.2 Å². The Morgan fingerprint density at radius 2 is 2.31 bits per heavy atom. The fourth-order valence-electron chi connectivity index (χ4n) is 2.08. The summed E-state index contributed by atoms with van der Waals surface area (Å²) in [5.74, 6) is 0.714. The maximum atomic E-state index is 8.41. The number of hydrogen-bond acceptors (Lipinski definition) is 3. The molecule has 0 spiro atoms. The highest BCUT2D eigenvalue weighted by Gasteiger charge is 2.21. The average Bonchev–Trinajstić information content (AvgIpc) is 2.03. The van der Waals surface area contributed by atoms with Crippen LogP contribution >= 0.6 is 0 Å². The van der Waals surface area contributed by atoms with Crippen LogP contribution in [0.3, 0.4) is 0 Å². The van der Waals surface area contributed by atoms with Gasteiger partial charge in [-0.15, -0.1) is 0 Å². The Morgan fingerprint density at radius 1 is 1.54 bits per heavy atom. The topological polar surface area (TPSA) is 53.0 Å². The van der Waals surface area contributed by atoms with E-state index in [9.17, 15) is 0 Å². The molecule has 0 aromatic rings. The molecular formula is C10H19N3. The average molecular weight is 181 g/mol. The van der Waals surface area contributed by atoms with E-state index in [-0.39, 0.29) is 0 Å². The molecule has 1 fully saturated rings. The molecule has 1 saturated heterocycles. The summed E-state index contributed by atoms with van der Waals surface area (Å²) in [5.41, 5.74) is 5.91. The van der Waals surface area contributed by atoms with E-state index in [1.165, 1.54) is 0 Å². The lowest BCUT2D eigenvalue weighted by Gasteiger charge is -2.34. The van der Waals surface area contributed by atoms with Crippen molar-refractivity contribution in [3.8, 4) is 6.07 Å². The Morgan fingerprint density at radius 3 is 2.92 bits per heavy atom. The van der Waals surface area contributed by atoms with Crippen LogP contribution in [0.5, 0.6) is 0 Å². The smallest absolute Gasteiger partial charge is 0.0622 e. The molecule has 1 rings (SSSR count). The van der Waals surface area contributed by atoms with Gasteiger partial charge in [0.1, 0.15) is 0 Å². The van der Waals surface area contributed by atoms with Crippen molar-refractivity contribution in [2.75, 3.05) is 19.6 Å². The first kappa shape index (κ1) is 10.5. The first-order chi connectivity index (χ1) is 6.22. The van der Waals surface area contributed by atoms with E-state index in [0.717, 1.165) is 32.5 Å². The number of rotatable bonds is 3.